The summed E-state index contributed by atoms with van der Waals surface area (Å²) in [5, 5.41) is 3.67. The maximum Gasteiger partial charge on any atom is 0.138 e. The first-order valence-corrected chi connectivity index (χ1v) is 6.92. The van der Waals surface area contributed by atoms with Crippen molar-refractivity contribution < 1.29 is 4.74 Å². The summed E-state index contributed by atoms with van der Waals surface area (Å²) in [5.41, 5.74) is 1.33. The fourth-order valence-corrected chi connectivity index (χ4v) is 2.84. The van der Waals surface area contributed by atoms with E-state index < -0.39 is 0 Å². The number of pyridine rings is 1. The van der Waals surface area contributed by atoms with Crippen LogP contribution in [0.5, 0.6) is 5.75 Å². The zero-order valence-electron chi connectivity index (χ0n) is 11.9. The Labute approximate surface area is 110 Å². The van der Waals surface area contributed by atoms with Crippen molar-refractivity contribution in [3.05, 3.63) is 24.0 Å². The molecule has 3 heteroatoms. The number of hydrogen-bond acceptors (Lipinski definition) is 3. The Morgan fingerprint density at radius 2 is 2.06 bits per heavy atom. The molecular formula is C15H24N2O. The molecule has 2 rings (SSSR count). The summed E-state index contributed by atoms with van der Waals surface area (Å²) in [6, 6.07) is 2.14. The van der Waals surface area contributed by atoms with E-state index in [9.17, 15) is 0 Å². The molecule has 0 aliphatic carbocycles. The van der Waals surface area contributed by atoms with E-state index in [4.69, 9.17) is 4.74 Å². The van der Waals surface area contributed by atoms with Gasteiger partial charge < -0.3 is 10.1 Å². The first-order chi connectivity index (χ1) is 8.54. The first kappa shape index (κ1) is 13.3. The van der Waals surface area contributed by atoms with Gasteiger partial charge in [-0.1, -0.05) is 13.8 Å². The molecule has 100 valence electrons. The van der Waals surface area contributed by atoms with Gasteiger partial charge in [-0.05, 0) is 50.8 Å². The Hall–Kier alpha value is -1.09. The van der Waals surface area contributed by atoms with E-state index in [1.807, 2.05) is 20.0 Å². The zero-order chi connectivity index (χ0) is 13.2. The second kappa shape index (κ2) is 5.27. The molecule has 1 fully saturated rings. The van der Waals surface area contributed by atoms with Gasteiger partial charge >= 0.3 is 0 Å². The van der Waals surface area contributed by atoms with Gasteiger partial charge in [0.25, 0.3) is 0 Å². The third kappa shape index (κ3) is 2.51. The maximum absolute atomic E-state index is 5.75. The van der Waals surface area contributed by atoms with Gasteiger partial charge in [0.1, 0.15) is 5.75 Å². The zero-order valence-corrected chi connectivity index (χ0v) is 11.9. The maximum atomic E-state index is 5.75. The monoisotopic (exact) mass is 248 g/mol. The van der Waals surface area contributed by atoms with E-state index in [0.717, 1.165) is 12.3 Å². The summed E-state index contributed by atoms with van der Waals surface area (Å²) in [5.74, 6) is 1.42. The van der Waals surface area contributed by atoms with Crippen molar-refractivity contribution >= 4 is 0 Å². The Bertz CT molecular complexity index is 395. The van der Waals surface area contributed by atoms with Gasteiger partial charge in [0.2, 0.25) is 0 Å². The lowest BCUT2D eigenvalue weighted by molar-refractivity contribution is 0.237. The predicted molar refractivity (Wildman–Crippen MR) is 73.8 cm³/mol. The molecular weight excluding hydrogens is 224 g/mol. The molecule has 0 bridgehead atoms. The van der Waals surface area contributed by atoms with Crippen LogP contribution >= 0.6 is 0 Å². The van der Waals surface area contributed by atoms with Crippen LogP contribution in [0.4, 0.5) is 0 Å². The van der Waals surface area contributed by atoms with Crippen LogP contribution in [0.3, 0.4) is 0 Å². The minimum Gasteiger partial charge on any atom is -0.489 e. The van der Waals surface area contributed by atoms with Crippen LogP contribution in [0.15, 0.2) is 18.5 Å². The number of aromatic nitrogens is 1. The highest BCUT2D eigenvalue weighted by Gasteiger charge is 2.38. The van der Waals surface area contributed by atoms with Crippen LogP contribution < -0.4 is 10.1 Å². The molecule has 0 spiro atoms. The van der Waals surface area contributed by atoms with Crippen molar-refractivity contribution in [1.29, 1.82) is 0 Å². The Balaban J connectivity index is 2.31. The standard InChI is InChI=1S/C15H24N2O/c1-11(2)15(6-5-7-17-15)13-8-14(10-16-9-13)18-12(3)4/h8-12,17H,5-7H2,1-4H3. The van der Waals surface area contributed by atoms with Gasteiger partial charge in [0.05, 0.1) is 12.3 Å². The first-order valence-electron chi connectivity index (χ1n) is 6.92. The normalized spacial score (nSPS) is 23.9. The number of rotatable bonds is 4. The molecule has 1 N–H and O–H groups in total. The highest BCUT2D eigenvalue weighted by atomic mass is 16.5. The van der Waals surface area contributed by atoms with Crippen molar-refractivity contribution in [2.75, 3.05) is 6.54 Å². The Kier molecular flexibility index (Phi) is 3.91. The number of nitrogens with zero attached hydrogens (tertiary/aromatic N) is 1. The van der Waals surface area contributed by atoms with Crippen LogP contribution in [-0.2, 0) is 5.54 Å². The van der Waals surface area contributed by atoms with Gasteiger partial charge in [0.15, 0.2) is 0 Å². The van der Waals surface area contributed by atoms with Crippen molar-refractivity contribution in [3.63, 3.8) is 0 Å². The van der Waals surface area contributed by atoms with Crippen molar-refractivity contribution in [3.8, 4) is 5.75 Å². The topological polar surface area (TPSA) is 34.1 Å². The molecule has 1 unspecified atom stereocenters. The Morgan fingerprint density at radius 1 is 1.28 bits per heavy atom. The third-order valence-electron chi connectivity index (χ3n) is 3.77. The van der Waals surface area contributed by atoms with Crippen LogP contribution in [-0.4, -0.2) is 17.6 Å². The van der Waals surface area contributed by atoms with E-state index in [2.05, 4.69) is 30.2 Å². The van der Waals surface area contributed by atoms with E-state index in [1.54, 1.807) is 6.20 Å². The lowest BCUT2D eigenvalue weighted by Gasteiger charge is -2.34. The number of ether oxygens (including phenoxy) is 1. The van der Waals surface area contributed by atoms with Crippen LogP contribution in [0.25, 0.3) is 0 Å². The summed E-state index contributed by atoms with van der Waals surface area (Å²) < 4.78 is 5.75. The minimum atomic E-state index is 0.0728. The third-order valence-corrected chi connectivity index (χ3v) is 3.77. The molecule has 1 aromatic heterocycles. The molecule has 1 aliphatic rings. The molecule has 1 atom stereocenters. The van der Waals surface area contributed by atoms with E-state index in [1.165, 1.54) is 18.4 Å². The van der Waals surface area contributed by atoms with E-state index in [0.29, 0.717) is 5.92 Å². The SMILES string of the molecule is CC(C)Oc1cncc(C2(C(C)C)CCCN2)c1. The lowest BCUT2D eigenvalue weighted by Crippen LogP contribution is -2.41. The van der Waals surface area contributed by atoms with E-state index in [-0.39, 0.29) is 11.6 Å². The second-order valence-electron chi connectivity index (χ2n) is 5.73. The average molecular weight is 248 g/mol. The summed E-state index contributed by atoms with van der Waals surface area (Å²) in [6.45, 7) is 9.72. The predicted octanol–water partition coefficient (Wildman–Crippen LogP) is 3.10. The van der Waals surface area contributed by atoms with Gasteiger partial charge in [-0.15, -0.1) is 0 Å². The Morgan fingerprint density at radius 3 is 2.61 bits per heavy atom. The lowest BCUT2D eigenvalue weighted by atomic mass is 9.79. The number of nitrogens with one attached hydrogen (secondary N) is 1. The minimum absolute atomic E-state index is 0.0728. The van der Waals surface area contributed by atoms with Crippen molar-refractivity contribution in [2.45, 2.75) is 52.2 Å². The second-order valence-corrected chi connectivity index (χ2v) is 5.73. The molecule has 18 heavy (non-hydrogen) atoms. The van der Waals surface area contributed by atoms with Crippen molar-refractivity contribution in [2.24, 2.45) is 5.92 Å². The molecule has 0 amide bonds. The molecule has 1 saturated heterocycles. The molecule has 1 aliphatic heterocycles. The smallest absolute Gasteiger partial charge is 0.138 e. The highest BCUT2D eigenvalue weighted by molar-refractivity contribution is 5.31. The van der Waals surface area contributed by atoms with Gasteiger partial charge in [-0.3, -0.25) is 4.98 Å². The molecule has 2 heterocycles. The average Bonchev–Trinajstić information content (AvgIpc) is 2.78. The van der Waals surface area contributed by atoms with Crippen LogP contribution in [0, 0.1) is 5.92 Å². The van der Waals surface area contributed by atoms with Gasteiger partial charge in [-0.2, -0.15) is 0 Å². The highest BCUT2D eigenvalue weighted by Crippen LogP contribution is 2.38. The summed E-state index contributed by atoms with van der Waals surface area (Å²) >= 11 is 0. The molecule has 3 nitrogen and oxygen atoms in total. The largest absolute Gasteiger partial charge is 0.489 e. The molecule has 1 aromatic rings. The quantitative estimate of drug-likeness (QED) is 0.889. The summed E-state index contributed by atoms with van der Waals surface area (Å²) in [6.07, 6.45) is 6.37. The molecule has 0 radical (unpaired) electrons. The van der Waals surface area contributed by atoms with E-state index >= 15 is 0 Å². The fourth-order valence-electron chi connectivity index (χ4n) is 2.84. The van der Waals surface area contributed by atoms with Crippen molar-refractivity contribution in [1.82, 2.24) is 10.3 Å². The van der Waals surface area contributed by atoms with Gasteiger partial charge in [-0.25, -0.2) is 0 Å². The molecule has 0 saturated carbocycles. The summed E-state index contributed by atoms with van der Waals surface area (Å²) in [4.78, 5) is 4.34. The molecule has 0 aromatic carbocycles. The fraction of sp³-hybridized carbons (Fsp3) is 0.667. The van der Waals surface area contributed by atoms with Gasteiger partial charge in [0, 0.05) is 11.7 Å². The summed E-state index contributed by atoms with van der Waals surface area (Å²) in [7, 11) is 0. The van der Waals surface area contributed by atoms with Crippen LogP contribution in [0.1, 0.15) is 46.1 Å². The number of hydrogen-bond donors (Lipinski definition) is 1. The van der Waals surface area contributed by atoms with Crippen LogP contribution in [0.2, 0.25) is 0 Å².